The molecule has 7 heteroatoms. The molecular formula is C18H15N3O3S. The predicted octanol–water partition coefficient (Wildman–Crippen LogP) is 5.09. The van der Waals surface area contributed by atoms with Crippen molar-refractivity contribution >= 4 is 29.4 Å². The van der Waals surface area contributed by atoms with Crippen LogP contribution >= 0.6 is 11.8 Å². The number of furan rings is 1. The number of hydrazone groups is 1. The summed E-state index contributed by atoms with van der Waals surface area (Å²) in [6, 6.07) is 18.0. The maximum atomic E-state index is 10.6. The zero-order valence-corrected chi connectivity index (χ0v) is 14.2. The van der Waals surface area contributed by atoms with E-state index in [0.29, 0.717) is 11.4 Å². The van der Waals surface area contributed by atoms with Gasteiger partial charge in [-0.3, -0.25) is 15.5 Å². The van der Waals surface area contributed by atoms with Gasteiger partial charge in [0.2, 0.25) is 0 Å². The van der Waals surface area contributed by atoms with Crippen molar-refractivity contribution in [1.29, 1.82) is 0 Å². The highest BCUT2D eigenvalue weighted by Gasteiger charge is 2.04. The van der Waals surface area contributed by atoms with Gasteiger partial charge in [0, 0.05) is 17.0 Å². The Morgan fingerprint density at radius 1 is 1.08 bits per heavy atom. The maximum absolute atomic E-state index is 10.6. The first-order valence-corrected chi connectivity index (χ1v) is 8.30. The second kappa shape index (κ2) is 7.67. The number of benzene rings is 2. The number of rotatable bonds is 6. The smallest absolute Gasteiger partial charge is 0.269 e. The summed E-state index contributed by atoms with van der Waals surface area (Å²) in [6.07, 6.45) is 1.56. The molecule has 1 heterocycles. The fourth-order valence-electron chi connectivity index (χ4n) is 2.01. The monoisotopic (exact) mass is 353 g/mol. The minimum absolute atomic E-state index is 0.0401. The molecule has 0 atom stereocenters. The van der Waals surface area contributed by atoms with Gasteiger partial charge >= 0.3 is 0 Å². The Balaban J connectivity index is 1.58. The Hall–Kier alpha value is -3.06. The third-order valence-corrected chi connectivity index (χ3v) is 4.23. The molecule has 1 N–H and O–H groups in total. The van der Waals surface area contributed by atoms with Crippen molar-refractivity contribution in [3.63, 3.8) is 0 Å². The number of nitrogens with zero attached hydrogens (tertiary/aromatic N) is 2. The molecule has 0 saturated heterocycles. The molecule has 1 aromatic heterocycles. The predicted molar refractivity (Wildman–Crippen MR) is 98.3 cm³/mol. The molecule has 0 fully saturated rings. The molecule has 0 aliphatic heterocycles. The van der Waals surface area contributed by atoms with E-state index in [0.717, 1.165) is 9.99 Å². The number of non-ortho nitro benzene ring substituents is 1. The lowest BCUT2D eigenvalue weighted by Gasteiger charge is -1.99. The van der Waals surface area contributed by atoms with Crippen molar-refractivity contribution < 1.29 is 9.34 Å². The Kier molecular flexibility index (Phi) is 5.15. The Labute approximate surface area is 148 Å². The average Bonchev–Trinajstić information content (AvgIpc) is 3.05. The Morgan fingerprint density at radius 3 is 2.48 bits per heavy atom. The van der Waals surface area contributed by atoms with E-state index in [9.17, 15) is 10.1 Å². The summed E-state index contributed by atoms with van der Waals surface area (Å²) in [7, 11) is 0. The lowest BCUT2D eigenvalue weighted by Crippen LogP contribution is -1.91. The molecule has 2 aromatic carbocycles. The molecular weight excluding hydrogens is 338 g/mol. The highest BCUT2D eigenvalue weighted by Crippen LogP contribution is 2.29. The second-order valence-electron chi connectivity index (χ2n) is 5.25. The van der Waals surface area contributed by atoms with Crippen molar-refractivity contribution in [3.8, 4) is 0 Å². The van der Waals surface area contributed by atoms with Crippen molar-refractivity contribution in [3.05, 3.63) is 82.1 Å². The molecule has 0 spiro atoms. The number of nitro benzene ring substituents is 1. The van der Waals surface area contributed by atoms with Crippen LogP contribution in [0.1, 0.15) is 11.3 Å². The van der Waals surface area contributed by atoms with Crippen LogP contribution in [0.15, 0.2) is 80.2 Å². The average molecular weight is 353 g/mol. The van der Waals surface area contributed by atoms with Gasteiger partial charge < -0.3 is 4.42 Å². The Bertz CT molecular complexity index is 887. The summed E-state index contributed by atoms with van der Waals surface area (Å²) in [4.78, 5) is 11.3. The third-order valence-electron chi connectivity index (χ3n) is 3.31. The molecule has 3 rings (SSSR count). The number of nitro groups is 1. The minimum Gasteiger partial charge on any atom is -0.448 e. The number of hydrogen-bond donors (Lipinski definition) is 1. The molecule has 25 heavy (non-hydrogen) atoms. The van der Waals surface area contributed by atoms with E-state index in [2.05, 4.69) is 22.7 Å². The van der Waals surface area contributed by atoms with Crippen molar-refractivity contribution in [2.45, 2.75) is 16.9 Å². The van der Waals surface area contributed by atoms with E-state index < -0.39 is 4.92 Å². The molecule has 0 unspecified atom stereocenters. The molecule has 3 aromatic rings. The molecule has 0 saturated carbocycles. The van der Waals surface area contributed by atoms with Crippen molar-refractivity contribution in [2.24, 2.45) is 5.10 Å². The van der Waals surface area contributed by atoms with Crippen LogP contribution in [0.2, 0.25) is 0 Å². The topological polar surface area (TPSA) is 80.7 Å². The van der Waals surface area contributed by atoms with Crippen molar-refractivity contribution in [2.75, 3.05) is 5.43 Å². The summed E-state index contributed by atoms with van der Waals surface area (Å²) in [5, 5.41) is 15.5. The van der Waals surface area contributed by atoms with Crippen LogP contribution in [-0.2, 0) is 0 Å². The number of nitrogens with one attached hydrogen (secondary N) is 1. The van der Waals surface area contributed by atoms with Crippen LogP contribution in [0, 0.1) is 17.0 Å². The first kappa shape index (κ1) is 16.8. The molecule has 0 amide bonds. The summed E-state index contributed by atoms with van der Waals surface area (Å²) < 4.78 is 5.69. The van der Waals surface area contributed by atoms with Gasteiger partial charge in [0.1, 0.15) is 5.76 Å². The van der Waals surface area contributed by atoms with Crippen LogP contribution in [0.4, 0.5) is 11.4 Å². The molecule has 0 aliphatic carbocycles. The van der Waals surface area contributed by atoms with Gasteiger partial charge in [0.25, 0.3) is 5.69 Å². The van der Waals surface area contributed by atoms with E-state index in [1.807, 2.05) is 31.2 Å². The highest BCUT2D eigenvalue weighted by molar-refractivity contribution is 7.99. The Morgan fingerprint density at radius 2 is 1.80 bits per heavy atom. The molecule has 126 valence electrons. The quantitative estimate of drug-likeness (QED) is 0.379. The summed E-state index contributed by atoms with van der Waals surface area (Å²) in [5.41, 5.74) is 4.72. The van der Waals surface area contributed by atoms with E-state index in [4.69, 9.17) is 4.42 Å². The van der Waals surface area contributed by atoms with E-state index in [1.54, 1.807) is 18.3 Å². The fraction of sp³-hybridized carbons (Fsp3) is 0.0556. The summed E-state index contributed by atoms with van der Waals surface area (Å²) in [6.45, 7) is 2.05. The fourth-order valence-corrected chi connectivity index (χ4v) is 2.79. The number of aryl methyl sites for hydroxylation is 1. The second-order valence-corrected chi connectivity index (χ2v) is 6.32. The van der Waals surface area contributed by atoms with Crippen LogP contribution < -0.4 is 5.43 Å². The molecule has 0 radical (unpaired) electrons. The van der Waals surface area contributed by atoms with Crippen LogP contribution in [0.25, 0.3) is 0 Å². The standard InChI is InChI=1S/C18H15N3O3S/c1-13-2-9-17(10-3-13)25-18-11-8-16(24-18)12-19-20-14-4-6-15(7-5-14)21(22)23/h2-12,20H,1H3/b19-12-. The van der Waals surface area contributed by atoms with Gasteiger partial charge in [-0.05, 0) is 43.3 Å². The normalized spacial score (nSPS) is 10.9. The maximum Gasteiger partial charge on any atom is 0.269 e. The van der Waals surface area contributed by atoms with E-state index in [1.165, 1.54) is 29.5 Å². The zero-order valence-electron chi connectivity index (χ0n) is 13.4. The van der Waals surface area contributed by atoms with Gasteiger partial charge in [0.05, 0.1) is 16.8 Å². The summed E-state index contributed by atoms with van der Waals surface area (Å²) in [5.74, 6) is 0.615. The SMILES string of the molecule is Cc1ccc(Sc2ccc(/C=N\Nc3ccc([N+](=O)[O-])cc3)o2)cc1. The first-order chi connectivity index (χ1) is 12.1. The van der Waals surface area contributed by atoms with Crippen LogP contribution in [-0.4, -0.2) is 11.1 Å². The van der Waals surface area contributed by atoms with Gasteiger partial charge in [-0.25, -0.2) is 0 Å². The van der Waals surface area contributed by atoms with Crippen LogP contribution in [0.3, 0.4) is 0 Å². The van der Waals surface area contributed by atoms with Crippen molar-refractivity contribution in [1.82, 2.24) is 0 Å². The lowest BCUT2D eigenvalue weighted by molar-refractivity contribution is -0.384. The first-order valence-electron chi connectivity index (χ1n) is 7.48. The highest BCUT2D eigenvalue weighted by atomic mass is 32.2. The van der Waals surface area contributed by atoms with Gasteiger partial charge in [-0.15, -0.1) is 0 Å². The van der Waals surface area contributed by atoms with Crippen LogP contribution in [0.5, 0.6) is 0 Å². The van der Waals surface area contributed by atoms with Gasteiger partial charge in [0.15, 0.2) is 5.09 Å². The minimum atomic E-state index is -0.441. The zero-order chi connectivity index (χ0) is 17.6. The summed E-state index contributed by atoms with van der Waals surface area (Å²) >= 11 is 1.54. The molecule has 6 nitrogen and oxygen atoms in total. The third kappa shape index (κ3) is 4.71. The number of anilines is 1. The molecule has 0 aliphatic rings. The van der Waals surface area contributed by atoms with Gasteiger partial charge in [-0.1, -0.05) is 29.5 Å². The lowest BCUT2D eigenvalue weighted by atomic mass is 10.2. The molecule has 0 bridgehead atoms. The van der Waals surface area contributed by atoms with Gasteiger partial charge in [-0.2, -0.15) is 5.10 Å². The van der Waals surface area contributed by atoms with E-state index >= 15 is 0 Å². The van der Waals surface area contributed by atoms with E-state index in [-0.39, 0.29) is 5.69 Å². The largest absolute Gasteiger partial charge is 0.448 e. The number of hydrogen-bond acceptors (Lipinski definition) is 6.